The van der Waals surface area contributed by atoms with Crippen molar-refractivity contribution in [3.05, 3.63) is 54.1 Å². The number of para-hydroxylation sites is 1. The zero-order valence-electron chi connectivity index (χ0n) is 17.5. The molecule has 6 nitrogen and oxygen atoms in total. The fraction of sp³-hybridized carbons (Fsp3) is 0.391. The summed E-state index contributed by atoms with van der Waals surface area (Å²) < 4.78 is 10.5. The number of rotatable bonds is 7. The van der Waals surface area contributed by atoms with Crippen LogP contribution in [0.2, 0.25) is 0 Å². The molecule has 160 valence electrons. The molecule has 2 aromatic rings. The zero-order chi connectivity index (χ0) is 21.3. The van der Waals surface area contributed by atoms with Gasteiger partial charge in [0.25, 0.3) is 5.91 Å². The minimum atomic E-state index is -0.0446. The summed E-state index contributed by atoms with van der Waals surface area (Å²) in [5, 5.41) is 0. The molecule has 0 aromatic heterocycles. The van der Waals surface area contributed by atoms with Gasteiger partial charge in [0.2, 0.25) is 5.91 Å². The van der Waals surface area contributed by atoms with E-state index in [-0.39, 0.29) is 11.8 Å². The van der Waals surface area contributed by atoms with E-state index in [1.807, 2.05) is 46.2 Å². The Morgan fingerprint density at radius 2 is 1.60 bits per heavy atom. The number of ether oxygens (including phenoxy) is 2. The third kappa shape index (κ3) is 5.69. The summed E-state index contributed by atoms with van der Waals surface area (Å²) in [6.07, 6.45) is 1.26. The van der Waals surface area contributed by atoms with Crippen molar-refractivity contribution in [2.75, 3.05) is 46.2 Å². The van der Waals surface area contributed by atoms with Crippen LogP contribution in [0.25, 0.3) is 0 Å². The Kier molecular flexibility index (Phi) is 8.02. The van der Waals surface area contributed by atoms with Gasteiger partial charge in [-0.2, -0.15) is 0 Å². The third-order valence-electron chi connectivity index (χ3n) is 5.12. The fourth-order valence-electron chi connectivity index (χ4n) is 3.45. The molecule has 0 spiro atoms. The molecule has 0 bridgehead atoms. The van der Waals surface area contributed by atoms with Crippen molar-refractivity contribution in [1.29, 1.82) is 0 Å². The van der Waals surface area contributed by atoms with Gasteiger partial charge >= 0.3 is 0 Å². The Morgan fingerprint density at radius 1 is 0.900 bits per heavy atom. The molecule has 7 heteroatoms. The van der Waals surface area contributed by atoms with Gasteiger partial charge in [0.15, 0.2) is 0 Å². The molecule has 30 heavy (non-hydrogen) atoms. The van der Waals surface area contributed by atoms with Crippen LogP contribution < -0.4 is 9.47 Å². The van der Waals surface area contributed by atoms with E-state index in [4.69, 9.17) is 9.47 Å². The molecule has 1 heterocycles. The van der Waals surface area contributed by atoms with E-state index in [0.29, 0.717) is 43.9 Å². The minimum absolute atomic E-state index is 0.0446. The van der Waals surface area contributed by atoms with E-state index in [2.05, 4.69) is 0 Å². The molecule has 1 aliphatic heterocycles. The maximum Gasteiger partial charge on any atom is 0.257 e. The first-order chi connectivity index (χ1) is 14.6. The van der Waals surface area contributed by atoms with Crippen LogP contribution in [-0.2, 0) is 4.79 Å². The number of hydrogen-bond acceptors (Lipinski definition) is 5. The second kappa shape index (κ2) is 10.9. The Balaban J connectivity index is 1.49. The number of carbonyl (C=O) groups excluding carboxylic acids is 2. The average Bonchev–Trinajstić information content (AvgIpc) is 3.05. The van der Waals surface area contributed by atoms with Crippen LogP contribution in [-0.4, -0.2) is 67.8 Å². The number of nitrogens with zero attached hydrogens (tertiary/aromatic N) is 2. The van der Waals surface area contributed by atoms with E-state index in [9.17, 15) is 9.59 Å². The molecular formula is C23H28N2O4S. The Morgan fingerprint density at radius 3 is 2.33 bits per heavy atom. The second-order valence-corrected chi connectivity index (χ2v) is 8.17. The topological polar surface area (TPSA) is 59.1 Å². The molecule has 1 aliphatic rings. The van der Waals surface area contributed by atoms with Crippen molar-refractivity contribution < 1.29 is 19.1 Å². The van der Waals surface area contributed by atoms with Crippen LogP contribution in [0, 0.1) is 0 Å². The lowest BCUT2D eigenvalue weighted by Gasteiger charge is -2.23. The number of benzene rings is 2. The number of carbonyl (C=O) groups is 2. The normalized spacial score (nSPS) is 14.2. The summed E-state index contributed by atoms with van der Waals surface area (Å²) in [5.41, 5.74) is 0.565. The third-order valence-corrected chi connectivity index (χ3v) is 6.13. The smallest absolute Gasteiger partial charge is 0.257 e. The number of thioether (sulfide) groups is 1. The molecule has 0 atom stereocenters. The highest BCUT2D eigenvalue weighted by Crippen LogP contribution is 2.23. The van der Waals surface area contributed by atoms with Crippen LogP contribution in [0.5, 0.6) is 11.5 Å². The predicted octanol–water partition coefficient (Wildman–Crippen LogP) is 3.56. The lowest BCUT2D eigenvalue weighted by molar-refractivity contribution is -0.130. The predicted molar refractivity (Wildman–Crippen MR) is 118 cm³/mol. The maximum absolute atomic E-state index is 12.9. The van der Waals surface area contributed by atoms with E-state index in [1.165, 1.54) is 0 Å². The van der Waals surface area contributed by atoms with Crippen LogP contribution >= 0.6 is 11.8 Å². The first-order valence-electron chi connectivity index (χ1n) is 10.1. The molecule has 1 fully saturated rings. The van der Waals surface area contributed by atoms with Crippen molar-refractivity contribution in [2.24, 2.45) is 0 Å². The fourth-order valence-corrected chi connectivity index (χ4v) is 4.29. The Labute approximate surface area is 182 Å². The first-order valence-corrected chi connectivity index (χ1v) is 11.1. The Bertz CT molecular complexity index is 857. The van der Waals surface area contributed by atoms with Gasteiger partial charge in [0, 0.05) is 43.2 Å². The van der Waals surface area contributed by atoms with Crippen LogP contribution in [0.3, 0.4) is 0 Å². The molecule has 0 saturated carbocycles. The zero-order valence-corrected chi connectivity index (χ0v) is 18.3. The van der Waals surface area contributed by atoms with Crippen molar-refractivity contribution in [3.8, 4) is 11.5 Å². The van der Waals surface area contributed by atoms with Gasteiger partial charge < -0.3 is 19.3 Å². The van der Waals surface area contributed by atoms with Gasteiger partial charge in [-0.15, -0.1) is 11.8 Å². The van der Waals surface area contributed by atoms with Gasteiger partial charge in [0.05, 0.1) is 19.8 Å². The van der Waals surface area contributed by atoms with E-state index < -0.39 is 0 Å². The molecule has 0 unspecified atom stereocenters. The molecule has 3 rings (SSSR count). The second-order valence-electron chi connectivity index (χ2n) is 7.00. The number of methoxy groups -OCH3 is 2. The summed E-state index contributed by atoms with van der Waals surface area (Å²) in [6.45, 7) is 2.42. The summed E-state index contributed by atoms with van der Waals surface area (Å²) >= 11 is 1.66. The summed E-state index contributed by atoms with van der Waals surface area (Å²) in [7, 11) is 3.21. The summed E-state index contributed by atoms with van der Waals surface area (Å²) in [6, 6.07) is 15.1. The highest BCUT2D eigenvalue weighted by molar-refractivity contribution is 7.99. The highest BCUT2D eigenvalue weighted by atomic mass is 32.2. The largest absolute Gasteiger partial charge is 0.497 e. The average molecular weight is 429 g/mol. The van der Waals surface area contributed by atoms with Gasteiger partial charge in [-0.25, -0.2) is 0 Å². The van der Waals surface area contributed by atoms with Crippen LogP contribution in [0.15, 0.2) is 53.4 Å². The molecule has 0 radical (unpaired) electrons. The van der Waals surface area contributed by atoms with Gasteiger partial charge in [-0.05, 0) is 42.8 Å². The van der Waals surface area contributed by atoms with Crippen molar-refractivity contribution in [2.45, 2.75) is 17.7 Å². The SMILES string of the molecule is COc1ccc(SCCC(=O)N2CCCN(C(=O)c3ccccc3OC)CC2)cc1. The van der Waals surface area contributed by atoms with Crippen LogP contribution in [0.1, 0.15) is 23.2 Å². The van der Waals surface area contributed by atoms with Gasteiger partial charge in [-0.3, -0.25) is 9.59 Å². The molecule has 1 saturated heterocycles. The minimum Gasteiger partial charge on any atom is -0.497 e. The number of amides is 2. The van der Waals surface area contributed by atoms with Gasteiger partial charge in [0.1, 0.15) is 11.5 Å². The first kappa shape index (κ1) is 22.0. The van der Waals surface area contributed by atoms with Crippen molar-refractivity contribution >= 4 is 23.6 Å². The standard InChI is InChI=1S/C23H28N2O4S/c1-28-18-8-10-19(11-9-18)30-17-12-22(26)24-13-5-14-25(16-15-24)23(27)20-6-3-4-7-21(20)29-2/h3-4,6-11H,5,12-17H2,1-2H3. The lowest BCUT2D eigenvalue weighted by Crippen LogP contribution is -2.37. The van der Waals surface area contributed by atoms with E-state index in [0.717, 1.165) is 22.8 Å². The summed E-state index contributed by atoms with van der Waals surface area (Å²) in [4.78, 5) is 30.4. The maximum atomic E-state index is 12.9. The quantitative estimate of drug-likeness (QED) is 0.631. The molecule has 2 amide bonds. The number of hydrogen-bond donors (Lipinski definition) is 0. The molecular weight excluding hydrogens is 400 g/mol. The monoisotopic (exact) mass is 428 g/mol. The van der Waals surface area contributed by atoms with E-state index >= 15 is 0 Å². The summed E-state index contributed by atoms with van der Waals surface area (Å²) in [5.74, 6) is 2.23. The molecule has 0 N–H and O–H groups in total. The van der Waals surface area contributed by atoms with E-state index in [1.54, 1.807) is 38.1 Å². The highest BCUT2D eigenvalue weighted by Gasteiger charge is 2.24. The van der Waals surface area contributed by atoms with Crippen molar-refractivity contribution in [1.82, 2.24) is 9.80 Å². The molecule has 2 aromatic carbocycles. The van der Waals surface area contributed by atoms with Crippen molar-refractivity contribution in [3.63, 3.8) is 0 Å². The van der Waals surface area contributed by atoms with Crippen LogP contribution in [0.4, 0.5) is 0 Å². The molecule has 0 aliphatic carbocycles. The Hall–Kier alpha value is -2.67. The van der Waals surface area contributed by atoms with Gasteiger partial charge in [-0.1, -0.05) is 12.1 Å². The lowest BCUT2D eigenvalue weighted by atomic mass is 10.1.